The second-order valence-corrected chi connectivity index (χ2v) is 4.85. The molecule has 0 saturated heterocycles. The van der Waals surface area contributed by atoms with Crippen LogP contribution in [-0.4, -0.2) is 18.5 Å². The Morgan fingerprint density at radius 2 is 2.16 bits per heavy atom. The van der Waals surface area contributed by atoms with Crippen LogP contribution in [-0.2, 0) is 4.79 Å². The second-order valence-electron chi connectivity index (χ2n) is 4.85. The van der Waals surface area contributed by atoms with Crippen molar-refractivity contribution in [1.82, 2.24) is 10.6 Å². The maximum atomic E-state index is 13.6. The zero-order valence-corrected chi connectivity index (χ0v) is 10.9. The molecule has 19 heavy (non-hydrogen) atoms. The number of rotatable bonds is 6. The average Bonchev–Trinajstić information content (AvgIpc) is 3.18. The zero-order valence-electron chi connectivity index (χ0n) is 10.9. The van der Waals surface area contributed by atoms with Crippen molar-refractivity contribution in [3.8, 4) is 0 Å². The van der Waals surface area contributed by atoms with E-state index in [-0.39, 0.29) is 24.1 Å². The summed E-state index contributed by atoms with van der Waals surface area (Å²) in [5.41, 5.74) is 0.265. The van der Waals surface area contributed by atoms with E-state index >= 15 is 0 Å². The summed E-state index contributed by atoms with van der Waals surface area (Å²) in [5.74, 6) is -1.03. The van der Waals surface area contributed by atoms with Gasteiger partial charge in [0, 0.05) is 17.6 Å². The van der Waals surface area contributed by atoms with Gasteiger partial charge in [-0.3, -0.25) is 4.79 Å². The molecule has 1 aromatic rings. The molecule has 5 heteroatoms. The molecule has 0 heterocycles. The first-order valence-electron chi connectivity index (χ1n) is 6.58. The van der Waals surface area contributed by atoms with Gasteiger partial charge < -0.3 is 10.6 Å². The van der Waals surface area contributed by atoms with Gasteiger partial charge >= 0.3 is 0 Å². The van der Waals surface area contributed by atoms with E-state index in [1.165, 1.54) is 6.07 Å². The molecule has 1 fully saturated rings. The molecule has 0 aromatic heterocycles. The summed E-state index contributed by atoms with van der Waals surface area (Å²) in [6, 6.07) is 3.32. The molecular formula is C14H18F2N2O. The van der Waals surface area contributed by atoms with Gasteiger partial charge in [-0.05, 0) is 37.5 Å². The van der Waals surface area contributed by atoms with Gasteiger partial charge in [-0.2, -0.15) is 0 Å². The fraction of sp³-hybridized carbons (Fsp3) is 0.500. The molecule has 0 bridgehead atoms. The highest BCUT2D eigenvalue weighted by atomic mass is 19.1. The van der Waals surface area contributed by atoms with E-state index in [1.807, 2.05) is 6.92 Å². The predicted octanol–water partition coefficient (Wildman–Crippen LogP) is 2.28. The number of hydrogen-bond donors (Lipinski definition) is 2. The number of nitrogens with one attached hydrogen (secondary N) is 2. The number of benzene rings is 1. The quantitative estimate of drug-likeness (QED) is 0.831. The van der Waals surface area contributed by atoms with Crippen molar-refractivity contribution in [1.29, 1.82) is 0 Å². The first-order chi connectivity index (χ1) is 9.10. The van der Waals surface area contributed by atoms with Crippen LogP contribution in [0.3, 0.4) is 0 Å². The van der Waals surface area contributed by atoms with Crippen LogP contribution in [0.25, 0.3) is 0 Å². The van der Waals surface area contributed by atoms with Crippen LogP contribution in [0.1, 0.15) is 37.8 Å². The Balaban J connectivity index is 1.94. The van der Waals surface area contributed by atoms with Crippen LogP contribution >= 0.6 is 0 Å². The number of amides is 1. The van der Waals surface area contributed by atoms with Gasteiger partial charge in [-0.15, -0.1) is 0 Å². The van der Waals surface area contributed by atoms with Gasteiger partial charge in [-0.1, -0.05) is 6.92 Å². The van der Waals surface area contributed by atoms with E-state index < -0.39 is 11.6 Å². The summed E-state index contributed by atoms with van der Waals surface area (Å²) in [7, 11) is 0. The van der Waals surface area contributed by atoms with E-state index in [1.54, 1.807) is 0 Å². The van der Waals surface area contributed by atoms with Crippen LogP contribution in [0.15, 0.2) is 18.2 Å². The molecule has 1 atom stereocenters. The fourth-order valence-electron chi connectivity index (χ4n) is 1.98. The molecule has 2 rings (SSSR count). The molecule has 1 amide bonds. The van der Waals surface area contributed by atoms with Gasteiger partial charge in [0.05, 0.1) is 6.54 Å². The van der Waals surface area contributed by atoms with Gasteiger partial charge in [0.15, 0.2) is 0 Å². The molecular weight excluding hydrogens is 250 g/mol. The van der Waals surface area contributed by atoms with Crippen molar-refractivity contribution in [3.05, 3.63) is 35.4 Å². The molecule has 0 aliphatic heterocycles. The van der Waals surface area contributed by atoms with Crippen LogP contribution in [0, 0.1) is 11.6 Å². The lowest BCUT2D eigenvalue weighted by Gasteiger charge is -2.18. The molecule has 1 saturated carbocycles. The number of carbonyl (C=O) groups is 1. The predicted molar refractivity (Wildman–Crippen MR) is 68.6 cm³/mol. The number of carbonyl (C=O) groups excluding carboxylic acids is 1. The minimum absolute atomic E-state index is 0.0993. The topological polar surface area (TPSA) is 41.1 Å². The second kappa shape index (κ2) is 6.10. The Kier molecular flexibility index (Phi) is 4.47. The SMILES string of the molecule is CC[C@@H](NCC(=O)NC1CC1)c1cc(F)ccc1F. The summed E-state index contributed by atoms with van der Waals surface area (Å²) < 4.78 is 26.8. The van der Waals surface area contributed by atoms with E-state index in [4.69, 9.17) is 0 Å². The molecule has 3 nitrogen and oxygen atoms in total. The van der Waals surface area contributed by atoms with Crippen molar-refractivity contribution in [3.63, 3.8) is 0 Å². The average molecular weight is 268 g/mol. The summed E-state index contributed by atoms with van der Waals surface area (Å²) in [6.45, 7) is 1.98. The molecule has 1 aliphatic carbocycles. The minimum Gasteiger partial charge on any atom is -0.352 e. The maximum Gasteiger partial charge on any atom is 0.234 e. The Labute approximate surface area is 111 Å². The Morgan fingerprint density at radius 1 is 1.42 bits per heavy atom. The number of halogens is 2. The lowest BCUT2D eigenvalue weighted by Crippen LogP contribution is -2.36. The van der Waals surface area contributed by atoms with Crippen LogP contribution in [0.2, 0.25) is 0 Å². The monoisotopic (exact) mass is 268 g/mol. The van der Waals surface area contributed by atoms with Crippen molar-refractivity contribution >= 4 is 5.91 Å². The van der Waals surface area contributed by atoms with Crippen molar-refractivity contribution in [2.24, 2.45) is 0 Å². The first-order valence-corrected chi connectivity index (χ1v) is 6.58. The van der Waals surface area contributed by atoms with Crippen molar-refractivity contribution in [2.45, 2.75) is 38.3 Å². The summed E-state index contributed by atoms with van der Waals surface area (Å²) in [4.78, 5) is 11.6. The van der Waals surface area contributed by atoms with Gasteiger partial charge in [-0.25, -0.2) is 8.78 Å². The standard InChI is InChI=1S/C14H18F2N2O/c1-2-13(11-7-9(15)3-6-12(11)16)17-8-14(19)18-10-4-5-10/h3,6-7,10,13,17H,2,4-5,8H2,1H3,(H,18,19)/t13-/m1/s1. The smallest absolute Gasteiger partial charge is 0.234 e. The highest BCUT2D eigenvalue weighted by Crippen LogP contribution is 2.21. The van der Waals surface area contributed by atoms with Crippen LogP contribution in [0.5, 0.6) is 0 Å². The molecule has 0 unspecified atom stereocenters. The Hall–Kier alpha value is -1.49. The zero-order chi connectivity index (χ0) is 13.8. The number of hydrogen-bond acceptors (Lipinski definition) is 2. The molecule has 104 valence electrons. The van der Waals surface area contributed by atoms with E-state index in [0.717, 1.165) is 25.0 Å². The summed E-state index contributed by atoms with van der Waals surface area (Å²) >= 11 is 0. The summed E-state index contributed by atoms with van der Waals surface area (Å²) in [5, 5.41) is 5.81. The molecule has 1 aromatic carbocycles. The Morgan fingerprint density at radius 3 is 2.79 bits per heavy atom. The van der Waals surface area contributed by atoms with Crippen LogP contribution in [0.4, 0.5) is 8.78 Å². The fourth-order valence-corrected chi connectivity index (χ4v) is 1.98. The first kappa shape index (κ1) is 13.9. The van der Waals surface area contributed by atoms with E-state index in [0.29, 0.717) is 12.5 Å². The van der Waals surface area contributed by atoms with Crippen LogP contribution < -0.4 is 10.6 Å². The largest absolute Gasteiger partial charge is 0.352 e. The van der Waals surface area contributed by atoms with Gasteiger partial charge in [0.25, 0.3) is 0 Å². The maximum absolute atomic E-state index is 13.6. The molecule has 0 spiro atoms. The van der Waals surface area contributed by atoms with Crippen molar-refractivity contribution in [2.75, 3.05) is 6.54 Å². The summed E-state index contributed by atoms with van der Waals surface area (Å²) in [6.07, 6.45) is 2.64. The van der Waals surface area contributed by atoms with Gasteiger partial charge in [0.2, 0.25) is 5.91 Å². The highest BCUT2D eigenvalue weighted by molar-refractivity contribution is 5.78. The third-order valence-electron chi connectivity index (χ3n) is 3.19. The van der Waals surface area contributed by atoms with Crippen molar-refractivity contribution < 1.29 is 13.6 Å². The van der Waals surface area contributed by atoms with E-state index in [2.05, 4.69) is 10.6 Å². The molecule has 0 radical (unpaired) electrons. The van der Waals surface area contributed by atoms with Gasteiger partial charge in [0.1, 0.15) is 11.6 Å². The molecule has 1 aliphatic rings. The highest BCUT2D eigenvalue weighted by Gasteiger charge is 2.23. The van der Waals surface area contributed by atoms with E-state index in [9.17, 15) is 13.6 Å². The third kappa shape index (κ3) is 3.99. The lowest BCUT2D eigenvalue weighted by molar-refractivity contribution is -0.120. The lowest BCUT2D eigenvalue weighted by atomic mass is 10.0. The third-order valence-corrected chi connectivity index (χ3v) is 3.19. The minimum atomic E-state index is -0.473. The Bertz CT molecular complexity index is 461. The molecule has 2 N–H and O–H groups in total. The normalized spacial score (nSPS) is 16.2.